The fourth-order valence-corrected chi connectivity index (χ4v) is 6.13. The van der Waals surface area contributed by atoms with E-state index in [2.05, 4.69) is 11.6 Å². The highest BCUT2D eigenvalue weighted by Crippen LogP contribution is 2.94. The topological polar surface area (TPSA) is 109 Å². The molecule has 39 heavy (non-hydrogen) atoms. The van der Waals surface area contributed by atoms with Gasteiger partial charge in [-0.1, -0.05) is 18.2 Å². The van der Waals surface area contributed by atoms with Gasteiger partial charge in [0.15, 0.2) is 11.6 Å². The molecule has 3 N–H and O–H groups in total. The predicted octanol–water partition coefficient (Wildman–Crippen LogP) is 4.70. The van der Waals surface area contributed by atoms with Crippen LogP contribution in [0.4, 0.5) is 8.78 Å². The highest BCUT2D eigenvalue weighted by Gasteiger charge is 2.96. The predicted molar refractivity (Wildman–Crippen MR) is 141 cm³/mol. The standard InChI is InChI=1S/C29H28ClF2NO6/c1-13-6-23(38-5-4-16(35)11-34)22(32)8-17(13)19-7-15(21(31)10-20(19)30)12-39-24(33-3)9-18-14(2)25-27-26(18)29(25,27)28(36)37/h6-10,16,25-27,34-35H,2,4-5,11-12H2,1,3H3,(H,36,37)/b18-9+,33-24+/t16-,25+,26?,27+,29-/m1/s1. The number of aliphatic hydroxyl groups is 2. The van der Waals surface area contributed by atoms with Gasteiger partial charge in [0.2, 0.25) is 5.90 Å². The quantitative estimate of drug-likeness (QED) is 0.287. The van der Waals surface area contributed by atoms with Crippen LogP contribution in [0.5, 0.6) is 5.75 Å². The number of carboxylic acid groups (broad SMARTS) is 1. The summed E-state index contributed by atoms with van der Waals surface area (Å²) in [7, 11) is 1.53. The molecule has 0 amide bonds. The summed E-state index contributed by atoms with van der Waals surface area (Å²) in [5, 5.41) is 28.0. The van der Waals surface area contributed by atoms with E-state index in [1.807, 2.05) is 0 Å². The number of aryl methyl sites for hydroxylation is 1. The lowest BCUT2D eigenvalue weighted by molar-refractivity contribution is -0.141. The molecule has 0 spiro atoms. The van der Waals surface area contributed by atoms with Gasteiger partial charge in [-0.25, -0.2) is 8.78 Å². The molecule has 0 heterocycles. The average molecular weight is 560 g/mol. The molecule has 4 fully saturated rings. The molecular weight excluding hydrogens is 532 g/mol. The minimum atomic E-state index is -0.952. The lowest BCUT2D eigenvalue weighted by Gasteiger charge is -2.15. The van der Waals surface area contributed by atoms with Crippen molar-refractivity contribution in [1.29, 1.82) is 0 Å². The zero-order valence-corrected chi connectivity index (χ0v) is 22.1. The van der Waals surface area contributed by atoms with E-state index in [1.54, 1.807) is 13.0 Å². The second-order valence-electron chi connectivity index (χ2n) is 10.2. The maximum atomic E-state index is 14.8. The molecule has 206 valence electrons. The lowest BCUT2D eigenvalue weighted by Crippen LogP contribution is -2.16. The molecule has 2 aromatic carbocycles. The monoisotopic (exact) mass is 559 g/mol. The summed E-state index contributed by atoms with van der Waals surface area (Å²) < 4.78 is 40.8. The van der Waals surface area contributed by atoms with E-state index in [-0.39, 0.29) is 59.6 Å². The van der Waals surface area contributed by atoms with Gasteiger partial charge < -0.3 is 24.8 Å². The van der Waals surface area contributed by atoms with Crippen molar-refractivity contribution in [2.24, 2.45) is 28.2 Å². The summed E-state index contributed by atoms with van der Waals surface area (Å²) in [6.45, 7) is 5.21. The van der Waals surface area contributed by atoms with Gasteiger partial charge in [-0.15, -0.1) is 0 Å². The Labute approximate surface area is 229 Å². The first-order valence-electron chi connectivity index (χ1n) is 12.5. The number of fused-ring (bicyclic) bond motifs is 1. The van der Waals surface area contributed by atoms with Crippen LogP contribution in [0.1, 0.15) is 17.5 Å². The fourth-order valence-electron chi connectivity index (χ4n) is 5.88. The molecule has 4 aliphatic rings. The zero-order valence-electron chi connectivity index (χ0n) is 21.4. The Morgan fingerprint density at radius 2 is 1.97 bits per heavy atom. The van der Waals surface area contributed by atoms with Gasteiger partial charge >= 0.3 is 5.97 Å². The molecule has 6 rings (SSSR count). The number of hydrogen-bond donors (Lipinski definition) is 3. The van der Waals surface area contributed by atoms with Gasteiger partial charge in [0.05, 0.1) is 29.8 Å². The molecule has 2 bridgehead atoms. The number of aliphatic imine (C=N–C) groups is 1. The van der Waals surface area contributed by atoms with Crippen molar-refractivity contribution >= 4 is 23.5 Å². The number of benzene rings is 2. The molecule has 0 aliphatic heterocycles. The van der Waals surface area contributed by atoms with E-state index < -0.39 is 35.7 Å². The first kappa shape index (κ1) is 27.3. The van der Waals surface area contributed by atoms with Crippen LogP contribution in [0.15, 0.2) is 53.1 Å². The number of halogens is 3. The molecular formula is C29H28ClF2NO6. The molecule has 0 aromatic heterocycles. The number of nitrogens with zero attached hydrogens (tertiary/aromatic N) is 1. The van der Waals surface area contributed by atoms with Crippen molar-refractivity contribution in [3.05, 3.63) is 75.9 Å². The van der Waals surface area contributed by atoms with Crippen molar-refractivity contribution in [3.8, 4) is 16.9 Å². The number of carboxylic acids is 1. The summed E-state index contributed by atoms with van der Waals surface area (Å²) in [5.41, 5.74) is 2.57. The first-order valence-corrected chi connectivity index (χ1v) is 12.9. The Bertz CT molecular complexity index is 1440. The van der Waals surface area contributed by atoms with Crippen LogP contribution in [0, 0.1) is 41.7 Å². The van der Waals surface area contributed by atoms with E-state index in [0.29, 0.717) is 16.7 Å². The molecule has 0 saturated heterocycles. The molecule has 7 nitrogen and oxygen atoms in total. The van der Waals surface area contributed by atoms with E-state index in [1.165, 1.54) is 25.2 Å². The minimum absolute atomic E-state index is 0.0143. The maximum Gasteiger partial charge on any atom is 0.311 e. The van der Waals surface area contributed by atoms with E-state index >= 15 is 0 Å². The van der Waals surface area contributed by atoms with Crippen LogP contribution in [0.3, 0.4) is 0 Å². The Hall–Kier alpha value is -3.27. The van der Waals surface area contributed by atoms with Crippen LogP contribution in [0.2, 0.25) is 5.02 Å². The first-order chi connectivity index (χ1) is 18.6. The number of carbonyl (C=O) groups is 1. The normalized spacial score (nSPS) is 26.4. The highest BCUT2D eigenvalue weighted by molar-refractivity contribution is 6.33. The highest BCUT2D eigenvalue weighted by atomic mass is 35.5. The number of allylic oxidation sites excluding steroid dienone is 2. The molecule has 0 radical (unpaired) electrons. The van der Waals surface area contributed by atoms with Gasteiger partial charge in [-0.05, 0) is 59.4 Å². The second kappa shape index (κ2) is 10.0. The minimum Gasteiger partial charge on any atom is -0.490 e. The van der Waals surface area contributed by atoms with E-state index in [0.717, 1.165) is 17.2 Å². The third-order valence-electron chi connectivity index (χ3n) is 8.03. The van der Waals surface area contributed by atoms with Crippen molar-refractivity contribution in [2.75, 3.05) is 20.3 Å². The zero-order chi connectivity index (χ0) is 28.2. The Balaban J connectivity index is 1.32. The molecule has 2 aromatic rings. The number of hydrogen-bond acceptors (Lipinski definition) is 6. The number of aliphatic carboxylic acids is 1. The Morgan fingerprint density at radius 3 is 2.59 bits per heavy atom. The number of rotatable bonds is 10. The van der Waals surface area contributed by atoms with Gasteiger partial charge in [0, 0.05) is 42.5 Å². The smallest absolute Gasteiger partial charge is 0.311 e. The lowest BCUT2D eigenvalue weighted by atomic mass is 9.98. The fraction of sp³-hybridized carbons (Fsp3) is 0.379. The van der Waals surface area contributed by atoms with Crippen LogP contribution in [0.25, 0.3) is 11.1 Å². The van der Waals surface area contributed by atoms with Gasteiger partial charge in [-0.3, -0.25) is 9.79 Å². The Kier molecular flexibility index (Phi) is 7.03. The molecule has 4 saturated carbocycles. The largest absolute Gasteiger partial charge is 0.490 e. The van der Waals surface area contributed by atoms with Crippen LogP contribution >= 0.6 is 11.6 Å². The van der Waals surface area contributed by atoms with Gasteiger partial charge in [-0.2, -0.15) is 0 Å². The molecule has 4 aliphatic carbocycles. The van der Waals surface area contributed by atoms with Crippen LogP contribution in [-0.4, -0.2) is 53.6 Å². The van der Waals surface area contributed by atoms with Crippen molar-refractivity contribution in [3.63, 3.8) is 0 Å². The van der Waals surface area contributed by atoms with Crippen molar-refractivity contribution < 1.29 is 38.4 Å². The van der Waals surface area contributed by atoms with Crippen LogP contribution < -0.4 is 4.74 Å². The second-order valence-corrected chi connectivity index (χ2v) is 10.6. The van der Waals surface area contributed by atoms with E-state index in [4.69, 9.17) is 26.2 Å². The van der Waals surface area contributed by atoms with Crippen molar-refractivity contribution in [2.45, 2.75) is 26.1 Å². The Morgan fingerprint density at radius 1 is 1.23 bits per heavy atom. The maximum absolute atomic E-state index is 14.8. The number of aliphatic hydroxyl groups excluding tert-OH is 2. The summed E-state index contributed by atoms with van der Waals surface area (Å²) in [6, 6.07) is 5.37. The molecule has 1 unspecified atom stereocenters. The molecule has 10 heteroatoms. The summed E-state index contributed by atoms with van der Waals surface area (Å²) in [5.74, 6) is -1.84. The van der Waals surface area contributed by atoms with E-state index in [9.17, 15) is 23.8 Å². The van der Waals surface area contributed by atoms with Gasteiger partial charge in [0.25, 0.3) is 0 Å². The molecule has 5 atom stereocenters. The van der Waals surface area contributed by atoms with Crippen molar-refractivity contribution in [1.82, 2.24) is 0 Å². The van der Waals surface area contributed by atoms with Gasteiger partial charge in [0.1, 0.15) is 12.4 Å². The third kappa shape index (κ3) is 4.42. The summed E-state index contributed by atoms with van der Waals surface area (Å²) >= 11 is 6.34. The third-order valence-corrected chi connectivity index (χ3v) is 8.34. The number of ether oxygens (including phenoxy) is 2. The summed E-state index contributed by atoms with van der Waals surface area (Å²) in [6.07, 6.45) is 0.871. The summed E-state index contributed by atoms with van der Waals surface area (Å²) in [4.78, 5) is 15.8. The SMILES string of the molecule is C=C1/C(=C\C(=N/C)OCc2cc(-c3cc(F)c(OCC[C@@H](O)CO)cc3C)c(Cl)cc2F)C2[C@@H]3[C@H]1[C@@]23C(=O)O. The average Bonchev–Trinajstić information content (AvgIpc) is 3.71. The van der Waals surface area contributed by atoms with Crippen LogP contribution in [-0.2, 0) is 16.1 Å².